The molecule has 1 aromatic carbocycles. The van der Waals surface area contributed by atoms with Crippen molar-refractivity contribution in [2.24, 2.45) is 0 Å². The summed E-state index contributed by atoms with van der Waals surface area (Å²) in [6.45, 7) is 2.59. The number of aromatic hydroxyl groups is 2. The van der Waals surface area contributed by atoms with Crippen molar-refractivity contribution in [3.05, 3.63) is 23.8 Å². The van der Waals surface area contributed by atoms with E-state index in [-0.39, 0.29) is 17.2 Å². The monoisotopic (exact) mass is 264 g/mol. The predicted octanol–water partition coefficient (Wildman–Crippen LogP) is 0.448. The van der Waals surface area contributed by atoms with Gasteiger partial charge in [0.25, 0.3) is 5.91 Å². The Morgan fingerprint density at radius 1 is 1.47 bits per heavy atom. The number of para-hydroxylation sites is 1. The van der Waals surface area contributed by atoms with Gasteiger partial charge in [-0.1, -0.05) is 13.0 Å². The summed E-state index contributed by atoms with van der Waals surface area (Å²) in [6, 6.07) is 3.67. The molecule has 1 fully saturated rings. The summed E-state index contributed by atoms with van der Waals surface area (Å²) >= 11 is 0. The van der Waals surface area contributed by atoms with Crippen LogP contribution in [0.3, 0.4) is 0 Å². The lowest BCUT2D eigenvalue weighted by Crippen LogP contribution is -2.56. The maximum absolute atomic E-state index is 12.4. The molecule has 2 rings (SSSR count). The molecule has 2 amide bonds. The van der Waals surface area contributed by atoms with Crippen LogP contribution in [0, 0.1) is 0 Å². The molecule has 1 heterocycles. The Kier molecular flexibility index (Phi) is 3.59. The summed E-state index contributed by atoms with van der Waals surface area (Å²) in [5.74, 6) is -1.44. The molecular formula is C13H16N2O4. The molecule has 0 radical (unpaired) electrons. The Morgan fingerprint density at radius 2 is 2.21 bits per heavy atom. The van der Waals surface area contributed by atoms with Crippen molar-refractivity contribution >= 4 is 11.8 Å². The Balaban J connectivity index is 2.32. The van der Waals surface area contributed by atoms with Crippen molar-refractivity contribution < 1.29 is 19.8 Å². The van der Waals surface area contributed by atoms with Gasteiger partial charge in [0.1, 0.15) is 6.04 Å². The smallest absolute Gasteiger partial charge is 0.258 e. The van der Waals surface area contributed by atoms with Gasteiger partial charge in [-0.05, 0) is 18.6 Å². The van der Waals surface area contributed by atoms with Crippen molar-refractivity contribution in [1.82, 2.24) is 10.2 Å². The van der Waals surface area contributed by atoms with E-state index in [1.807, 2.05) is 6.92 Å². The zero-order chi connectivity index (χ0) is 14.0. The van der Waals surface area contributed by atoms with E-state index in [1.54, 1.807) is 0 Å². The van der Waals surface area contributed by atoms with E-state index in [2.05, 4.69) is 5.32 Å². The maximum atomic E-state index is 12.4. The quantitative estimate of drug-likeness (QED) is 0.676. The highest BCUT2D eigenvalue weighted by Gasteiger charge is 2.33. The number of nitrogens with zero attached hydrogens (tertiary/aromatic N) is 1. The number of carbonyl (C=O) groups excluding carboxylic acids is 2. The van der Waals surface area contributed by atoms with Gasteiger partial charge in [-0.3, -0.25) is 9.59 Å². The maximum Gasteiger partial charge on any atom is 0.258 e. The van der Waals surface area contributed by atoms with Crippen LogP contribution in [0.5, 0.6) is 11.5 Å². The van der Waals surface area contributed by atoms with Crippen LogP contribution in [0.25, 0.3) is 0 Å². The van der Waals surface area contributed by atoms with Crippen molar-refractivity contribution in [3.63, 3.8) is 0 Å². The number of phenols is 2. The van der Waals surface area contributed by atoms with Crippen LogP contribution in [-0.2, 0) is 4.79 Å². The lowest BCUT2D eigenvalue weighted by molar-refractivity contribution is -0.127. The lowest BCUT2D eigenvalue weighted by Gasteiger charge is -2.34. The molecule has 1 aliphatic rings. The molecule has 0 aromatic heterocycles. The van der Waals surface area contributed by atoms with Crippen LogP contribution >= 0.6 is 0 Å². The summed E-state index contributed by atoms with van der Waals surface area (Å²) in [7, 11) is 0. The van der Waals surface area contributed by atoms with Crippen LogP contribution in [0.4, 0.5) is 0 Å². The molecule has 1 atom stereocenters. The average molecular weight is 264 g/mol. The van der Waals surface area contributed by atoms with Gasteiger partial charge in [-0.2, -0.15) is 0 Å². The molecular weight excluding hydrogens is 248 g/mol. The van der Waals surface area contributed by atoms with E-state index >= 15 is 0 Å². The summed E-state index contributed by atoms with van der Waals surface area (Å²) in [5, 5.41) is 21.8. The van der Waals surface area contributed by atoms with Gasteiger partial charge in [-0.25, -0.2) is 0 Å². The SMILES string of the molecule is CCC1C(=O)NCCN1C(=O)c1cccc(O)c1O. The van der Waals surface area contributed by atoms with E-state index in [4.69, 9.17) is 0 Å². The van der Waals surface area contributed by atoms with Crippen LogP contribution in [0.1, 0.15) is 23.7 Å². The third kappa shape index (κ3) is 2.33. The highest BCUT2D eigenvalue weighted by Crippen LogP contribution is 2.29. The number of amides is 2. The van der Waals surface area contributed by atoms with Crippen molar-refractivity contribution in [1.29, 1.82) is 0 Å². The van der Waals surface area contributed by atoms with Gasteiger partial charge >= 0.3 is 0 Å². The van der Waals surface area contributed by atoms with Gasteiger partial charge in [-0.15, -0.1) is 0 Å². The minimum absolute atomic E-state index is 0.00755. The topological polar surface area (TPSA) is 89.9 Å². The molecule has 1 aliphatic heterocycles. The standard InChI is InChI=1S/C13H16N2O4/c1-2-9-12(18)14-6-7-15(9)13(19)8-4-3-5-10(16)11(8)17/h3-5,9,16-17H,2,6-7H2,1H3,(H,14,18). The third-order valence-corrected chi connectivity index (χ3v) is 3.22. The molecule has 1 saturated heterocycles. The first-order valence-corrected chi connectivity index (χ1v) is 6.16. The Labute approximate surface area is 110 Å². The second-order valence-electron chi connectivity index (χ2n) is 4.39. The van der Waals surface area contributed by atoms with E-state index < -0.39 is 17.7 Å². The van der Waals surface area contributed by atoms with Gasteiger partial charge in [0.2, 0.25) is 5.91 Å². The van der Waals surface area contributed by atoms with Gasteiger partial charge in [0.05, 0.1) is 5.56 Å². The zero-order valence-electron chi connectivity index (χ0n) is 10.6. The number of hydrogen-bond donors (Lipinski definition) is 3. The fourth-order valence-corrected chi connectivity index (χ4v) is 2.22. The Hall–Kier alpha value is -2.24. The molecule has 6 nitrogen and oxygen atoms in total. The van der Waals surface area contributed by atoms with Crippen LogP contribution in [0.15, 0.2) is 18.2 Å². The van der Waals surface area contributed by atoms with Gasteiger partial charge in [0, 0.05) is 13.1 Å². The highest BCUT2D eigenvalue weighted by atomic mass is 16.3. The molecule has 1 unspecified atom stereocenters. The molecule has 6 heteroatoms. The third-order valence-electron chi connectivity index (χ3n) is 3.22. The minimum Gasteiger partial charge on any atom is -0.504 e. The summed E-state index contributed by atoms with van der Waals surface area (Å²) < 4.78 is 0. The number of rotatable bonds is 2. The fraction of sp³-hybridized carbons (Fsp3) is 0.385. The molecule has 0 saturated carbocycles. The Bertz CT molecular complexity index is 515. The van der Waals surface area contributed by atoms with Crippen molar-refractivity contribution in [2.75, 3.05) is 13.1 Å². The predicted molar refractivity (Wildman–Crippen MR) is 67.9 cm³/mol. The summed E-state index contributed by atoms with van der Waals surface area (Å²) in [4.78, 5) is 25.5. The number of hydrogen-bond acceptors (Lipinski definition) is 4. The van der Waals surface area contributed by atoms with Crippen LogP contribution < -0.4 is 5.32 Å². The van der Waals surface area contributed by atoms with Crippen LogP contribution in [0.2, 0.25) is 0 Å². The largest absolute Gasteiger partial charge is 0.504 e. The highest BCUT2D eigenvalue weighted by molar-refractivity contribution is 6.00. The second-order valence-corrected chi connectivity index (χ2v) is 4.39. The normalized spacial score (nSPS) is 19.1. The number of carbonyl (C=O) groups is 2. The summed E-state index contributed by atoms with van der Waals surface area (Å²) in [6.07, 6.45) is 0.497. The van der Waals surface area contributed by atoms with Crippen LogP contribution in [-0.4, -0.2) is 46.1 Å². The average Bonchev–Trinajstić information content (AvgIpc) is 2.41. The van der Waals surface area contributed by atoms with E-state index in [1.165, 1.54) is 23.1 Å². The van der Waals surface area contributed by atoms with E-state index in [0.29, 0.717) is 19.5 Å². The first-order valence-electron chi connectivity index (χ1n) is 6.16. The fourth-order valence-electron chi connectivity index (χ4n) is 2.22. The van der Waals surface area contributed by atoms with Crippen molar-refractivity contribution in [2.45, 2.75) is 19.4 Å². The summed E-state index contributed by atoms with van der Waals surface area (Å²) in [5.41, 5.74) is 0.00755. The van der Waals surface area contributed by atoms with Crippen molar-refractivity contribution in [3.8, 4) is 11.5 Å². The number of phenolic OH excluding ortho intramolecular Hbond substituents is 2. The molecule has 0 bridgehead atoms. The number of benzene rings is 1. The molecule has 1 aromatic rings. The van der Waals surface area contributed by atoms with Gasteiger partial charge < -0.3 is 20.4 Å². The Morgan fingerprint density at radius 3 is 2.89 bits per heavy atom. The minimum atomic E-state index is -0.539. The number of piperazine rings is 1. The number of nitrogens with one attached hydrogen (secondary N) is 1. The lowest BCUT2D eigenvalue weighted by atomic mass is 10.1. The first kappa shape index (κ1) is 13.2. The molecule has 19 heavy (non-hydrogen) atoms. The molecule has 0 spiro atoms. The zero-order valence-corrected chi connectivity index (χ0v) is 10.6. The molecule has 0 aliphatic carbocycles. The first-order chi connectivity index (χ1) is 9.06. The van der Waals surface area contributed by atoms with E-state index in [9.17, 15) is 19.8 Å². The molecule has 3 N–H and O–H groups in total. The van der Waals surface area contributed by atoms with E-state index in [0.717, 1.165) is 0 Å². The molecule has 102 valence electrons. The van der Waals surface area contributed by atoms with Gasteiger partial charge in [0.15, 0.2) is 11.5 Å². The second kappa shape index (κ2) is 5.17.